The minimum absolute atomic E-state index is 0.516. The number of hydrogen-bond acceptors (Lipinski definition) is 6. The Morgan fingerprint density at radius 1 is 1.13 bits per heavy atom. The Bertz CT molecular complexity index is 1210. The van der Waals surface area contributed by atoms with E-state index < -0.39 is 0 Å². The van der Waals surface area contributed by atoms with E-state index in [-0.39, 0.29) is 0 Å². The number of anilines is 1. The van der Waals surface area contributed by atoms with Crippen molar-refractivity contribution in [2.75, 3.05) is 59.3 Å². The van der Waals surface area contributed by atoms with Crippen LogP contribution in [0.4, 0.5) is 5.69 Å². The van der Waals surface area contributed by atoms with Crippen LogP contribution in [-0.2, 0) is 0 Å². The third-order valence-electron chi connectivity index (χ3n) is 6.18. The molecule has 1 atom stereocenters. The predicted octanol–water partition coefficient (Wildman–Crippen LogP) is 2.80. The van der Waals surface area contributed by atoms with Crippen LogP contribution in [0.1, 0.15) is 0 Å². The Labute approximate surface area is 181 Å². The van der Waals surface area contributed by atoms with Crippen LogP contribution in [-0.4, -0.2) is 90.4 Å². The lowest BCUT2D eigenvalue weighted by Gasteiger charge is -2.41. The number of piperazine rings is 1. The van der Waals surface area contributed by atoms with Crippen molar-refractivity contribution < 1.29 is 4.74 Å². The van der Waals surface area contributed by atoms with Crippen LogP contribution < -0.4 is 9.64 Å². The van der Waals surface area contributed by atoms with E-state index in [4.69, 9.17) is 9.72 Å². The lowest BCUT2D eigenvalue weighted by molar-refractivity contribution is 0.178. The first-order valence-corrected chi connectivity index (χ1v) is 10.6. The molecule has 1 aliphatic rings. The van der Waals surface area contributed by atoms with Crippen LogP contribution in [0, 0.1) is 0 Å². The molecule has 0 bridgehead atoms. The molecular weight excluding hydrogens is 390 g/mol. The number of imidazole rings is 1. The van der Waals surface area contributed by atoms with Gasteiger partial charge in [0.15, 0.2) is 5.82 Å². The summed E-state index contributed by atoms with van der Waals surface area (Å²) >= 11 is 0. The van der Waals surface area contributed by atoms with Crippen molar-refractivity contribution >= 4 is 27.6 Å². The molecule has 0 amide bonds. The van der Waals surface area contributed by atoms with Gasteiger partial charge in [-0.2, -0.15) is 5.10 Å². The molecule has 31 heavy (non-hydrogen) atoms. The van der Waals surface area contributed by atoms with Crippen molar-refractivity contribution in [1.82, 2.24) is 30.0 Å². The number of aromatic nitrogens is 4. The minimum Gasteiger partial charge on any atom is -0.497 e. The summed E-state index contributed by atoms with van der Waals surface area (Å²) in [5, 5.41) is 8.58. The van der Waals surface area contributed by atoms with Crippen molar-refractivity contribution in [2.45, 2.75) is 6.04 Å². The maximum atomic E-state index is 5.38. The van der Waals surface area contributed by atoms with E-state index in [1.165, 1.54) is 5.69 Å². The molecule has 0 spiro atoms. The van der Waals surface area contributed by atoms with Gasteiger partial charge in [0.05, 0.1) is 23.7 Å². The van der Waals surface area contributed by atoms with E-state index in [1.54, 1.807) is 7.11 Å². The van der Waals surface area contributed by atoms with Crippen LogP contribution in [0.5, 0.6) is 5.75 Å². The average Bonchev–Trinajstić information content (AvgIpc) is 3.37. The average molecular weight is 420 g/mol. The number of benzene rings is 2. The normalized spacial score (nSPS) is 17.8. The van der Waals surface area contributed by atoms with Gasteiger partial charge in [0.2, 0.25) is 0 Å². The molecule has 1 fully saturated rings. The molecule has 5 rings (SSSR count). The third-order valence-corrected chi connectivity index (χ3v) is 6.18. The standard InChI is InChI=1S/C23H29N7O/c1-28(2)13-16-14-30(10-9-29(16)3)15-5-7-20-21(11-15)25-23(24-20)22-18-12-17(31-4)6-8-19(18)26-27-22/h5-8,11-12,16H,9-10,13-14H2,1-4H3,(H,24,25)(H,26,27). The van der Waals surface area contributed by atoms with E-state index >= 15 is 0 Å². The second-order valence-corrected chi connectivity index (χ2v) is 8.61. The van der Waals surface area contributed by atoms with Crippen molar-refractivity contribution in [3.63, 3.8) is 0 Å². The fourth-order valence-electron chi connectivity index (χ4n) is 4.41. The van der Waals surface area contributed by atoms with Crippen LogP contribution in [0.2, 0.25) is 0 Å². The Morgan fingerprint density at radius 2 is 2.00 bits per heavy atom. The molecule has 162 valence electrons. The van der Waals surface area contributed by atoms with Gasteiger partial charge in [-0.15, -0.1) is 0 Å². The molecular formula is C23H29N7O. The summed E-state index contributed by atoms with van der Waals surface area (Å²) in [7, 11) is 8.17. The number of nitrogens with one attached hydrogen (secondary N) is 2. The predicted molar refractivity (Wildman–Crippen MR) is 125 cm³/mol. The van der Waals surface area contributed by atoms with Crippen molar-refractivity contribution in [3.8, 4) is 17.3 Å². The first-order chi connectivity index (χ1) is 15.0. The molecule has 0 saturated carbocycles. The van der Waals surface area contributed by atoms with E-state index in [0.29, 0.717) is 6.04 Å². The monoisotopic (exact) mass is 419 g/mol. The summed E-state index contributed by atoms with van der Waals surface area (Å²) in [6.07, 6.45) is 0. The highest BCUT2D eigenvalue weighted by atomic mass is 16.5. The number of nitrogens with zero attached hydrogens (tertiary/aromatic N) is 5. The topological polar surface area (TPSA) is 76.3 Å². The SMILES string of the molecule is COc1ccc2[nH]nc(-c3nc4ccc(N5CCN(C)C(CN(C)C)C5)cc4[nH]3)c2c1. The first-order valence-electron chi connectivity index (χ1n) is 10.6. The summed E-state index contributed by atoms with van der Waals surface area (Å²) in [6.45, 7) is 4.16. The van der Waals surface area contributed by atoms with Gasteiger partial charge in [0, 0.05) is 43.3 Å². The highest BCUT2D eigenvalue weighted by molar-refractivity contribution is 5.94. The van der Waals surface area contributed by atoms with E-state index in [2.05, 4.69) is 69.2 Å². The quantitative estimate of drug-likeness (QED) is 0.518. The van der Waals surface area contributed by atoms with Gasteiger partial charge in [-0.3, -0.25) is 10.00 Å². The molecule has 3 heterocycles. The molecule has 1 saturated heterocycles. The van der Waals surface area contributed by atoms with Gasteiger partial charge < -0.3 is 19.5 Å². The second kappa shape index (κ2) is 7.86. The Morgan fingerprint density at radius 3 is 2.81 bits per heavy atom. The maximum absolute atomic E-state index is 5.38. The largest absolute Gasteiger partial charge is 0.497 e. The van der Waals surface area contributed by atoms with E-state index in [0.717, 1.165) is 65.4 Å². The molecule has 2 aromatic heterocycles. The summed E-state index contributed by atoms with van der Waals surface area (Å²) in [5.74, 6) is 1.56. The minimum atomic E-state index is 0.516. The molecule has 1 aliphatic heterocycles. The number of H-pyrrole nitrogens is 2. The molecule has 2 aromatic carbocycles. The molecule has 2 N–H and O–H groups in total. The van der Waals surface area contributed by atoms with Gasteiger partial charge >= 0.3 is 0 Å². The zero-order valence-electron chi connectivity index (χ0n) is 18.5. The number of fused-ring (bicyclic) bond motifs is 2. The fourth-order valence-corrected chi connectivity index (χ4v) is 4.41. The van der Waals surface area contributed by atoms with Gasteiger partial charge in [-0.05, 0) is 57.5 Å². The number of hydrogen-bond donors (Lipinski definition) is 2. The highest BCUT2D eigenvalue weighted by Gasteiger charge is 2.25. The zero-order valence-corrected chi connectivity index (χ0v) is 18.5. The summed E-state index contributed by atoms with van der Waals surface area (Å²) in [4.78, 5) is 15.5. The molecule has 0 aliphatic carbocycles. The smallest absolute Gasteiger partial charge is 0.159 e. The zero-order chi connectivity index (χ0) is 21.5. The number of aromatic amines is 2. The molecule has 1 unspecified atom stereocenters. The Hall–Kier alpha value is -3.10. The van der Waals surface area contributed by atoms with Crippen LogP contribution >= 0.6 is 0 Å². The Balaban J connectivity index is 1.46. The van der Waals surface area contributed by atoms with E-state index in [1.807, 2.05) is 18.2 Å². The lowest BCUT2D eigenvalue weighted by atomic mass is 10.1. The van der Waals surface area contributed by atoms with Crippen LogP contribution in [0.25, 0.3) is 33.5 Å². The molecule has 8 heteroatoms. The van der Waals surface area contributed by atoms with Gasteiger partial charge in [-0.1, -0.05) is 0 Å². The first kappa shape index (κ1) is 19.8. The number of ether oxygens (including phenoxy) is 1. The maximum Gasteiger partial charge on any atom is 0.159 e. The fraction of sp³-hybridized carbons (Fsp3) is 0.391. The lowest BCUT2D eigenvalue weighted by Crippen LogP contribution is -2.54. The van der Waals surface area contributed by atoms with Gasteiger partial charge in [0.1, 0.15) is 11.4 Å². The van der Waals surface area contributed by atoms with Crippen molar-refractivity contribution in [1.29, 1.82) is 0 Å². The summed E-state index contributed by atoms with van der Waals surface area (Å²) < 4.78 is 5.38. The van der Waals surface area contributed by atoms with Crippen molar-refractivity contribution in [2.24, 2.45) is 0 Å². The molecule has 0 radical (unpaired) electrons. The van der Waals surface area contributed by atoms with Gasteiger partial charge in [-0.25, -0.2) is 4.98 Å². The second-order valence-electron chi connectivity index (χ2n) is 8.61. The number of rotatable bonds is 5. The summed E-state index contributed by atoms with van der Waals surface area (Å²) in [5.41, 5.74) is 4.96. The van der Waals surface area contributed by atoms with Gasteiger partial charge in [0.25, 0.3) is 0 Å². The van der Waals surface area contributed by atoms with Crippen molar-refractivity contribution in [3.05, 3.63) is 36.4 Å². The molecule has 4 aromatic rings. The Kier molecular flexibility index (Phi) is 5.03. The summed E-state index contributed by atoms with van der Waals surface area (Å²) in [6, 6.07) is 12.9. The van der Waals surface area contributed by atoms with Crippen LogP contribution in [0.3, 0.4) is 0 Å². The van der Waals surface area contributed by atoms with E-state index in [9.17, 15) is 0 Å². The number of likely N-dealkylation sites (N-methyl/N-ethyl adjacent to an activating group) is 2. The third kappa shape index (κ3) is 3.73. The highest BCUT2D eigenvalue weighted by Crippen LogP contribution is 2.30. The number of methoxy groups -OCH3 is 1. The van der Waals surface area contributed by atoms with Crippen LogP contribution in [0.15, 0.2) is 36.4 Å². The molecule has 8 nitrogen and oxygen atoms in total.